The van der Waals surface area contributed by atoms with Gasteiger partial charge in [0.15, 0.2) is 6.29 Å². The van der Waals surface area contributed by atoms with E-state index in [0.29, 0.717) is 44.5 Å². The maximum absolute atomic E-state index is 11.9. The zero-order valence-electron chi connectivity index (χ0n) is 16.3. The number of morpholine rings is 1. The number of anilines is 1. The number of nitrogens with one attached hydrogen (secondary N) is 1. The van der Waals surface area contributed by atoms with Gasteiger partial charge < -0.3 is 34.6 Å². The Hall–Kier alpha value is -1.79. The minimum absolute atomic E-state index is 0.0765. The van der Waals surface area contributed by atoms with Gasteiger partial charge in [0.05, 0.1) is 24.9 Å². The second kappa shape index (κ2) is 10.7. The van der Waals surface area contributed by atoms with Crippen LogP contribution in [0.25, 0.3) is 0 Å². The van der Waals surface area contributed by atoms with Gasteiger partial charge in [-0.25, -0.2) is 4.79 Å². The molecule has 1 aliphatic rings. The molecule has 1 atom stereocenters. The number of aliphatic hydroxyl groups excluding tert-OH is 1. The minimum atomic E-state index is -1.72. The third kappa shape index (κ3) is 8.07. The standard InChI is InChI=1S/C17H28N4O6S/c1-17(2,3)18-10-12(27-14(24)5-4-13(22)23)11-26-16-15(19-28-20-16)21-6-8-25-9-7-21/h4-5,12-13,18,22-23H,6-11H2,1-3H3/b5-4-/t12-/m0/s1. The van der Waals surface area contributed by atoms with Crippen molar-refractivity contribution in [3.8, 4) is 5.88 Å². The number of aliphatic hydroxyl groups is 2. The average Bonchev–Trinajstić information content (AvgIpc) is 3.11. The summed E-state index contributed by atoms with van der Waals surface area (Å²) in [5, 5.41) is 20.9. The van der Waals surface area contributed by atoms with Gasteiger partial charge in [-0.15, -0.1) is 4.37 Å². The van der Waals surface area contributed by atoms with Crippen LogP contribution in [0, 0.1) is 0 Å². The van der Waals surface area contributed by atoms with Gasteiger partial charge in [-0.3, -0.25) is 0 Å². The molecule has 1 aromatic rings. The van der Waals surface area contributed by atoms with Gasteiger partial charge >= 0.3 is 5.97 Å². The maximum atomic E-state index is 11.9. The number of hydrogen-bond acceptors (Lipinski definition) is 11. The molecule has 0 aromatic carbocycles. The Bertz CT molecular complexity index is 640. The minimum Gasteiger partial charge on any atom is -0.470 e. The number of rotatable bonds is 9. The largest absolute Gasteiger partial charge is 0.470 e. The molecular formula is C17H28N4O6S. The van der Waals surface area contributed by atoms with E-state index in [1.165, 1.54) is 0 Å². The van der Waals surface area contributed by atoms with Crippen LogP contribution in [0.3, 0.4) is 0 Å². The van der Waals surface area contributed by atoms with E-state index in [0.717, 1.165) is 23.9 Å². The zero-order chi connectivity index (χ0) is 20.6. The summed E-state index contributed by atoms with van der Waals surface area (Å²) in [6.07, 6.45) is -0.421. The highest BCUT2D eigenvalue weighted by atomic mass is 32.1. The Morgan fingerprint density at radius 2 is 2.07 bits per heavy atom. The van der Waals surface area contributed by atoms with Crippen molar-refractivity contribution < 1.29 is 29.2 Å². The molecule has 0 saturated carbocycles. The quantitative estimate of drug-likeness (QED) is 0.286. The summed E-state index contributed by atoms with van der Waals surface area (Å²) in [7, 11) is 0. The van der Waals surface area contributed by atoms with E-state index in [4.69, 9.17) is 24.4 Å². The molecule has 0 spiro atoms. The summed E-state index contributed by atoms with van der Waals surface area (Å²) in [4.78, 5) is 13.9. The van der Waals surface area contributed by atoms with Crippen LogP contribution in [-0.2, 0) is 14.3 Å². The van der Waals surface area contributed by atoms with E-state index in [2.05, 4.69) is 14.1 Å². The van der Waals surface area contributed by atoms with Gasteiger partial charge in [0, 0.05) is 31.2 Å². The fourth-order valence-corrected chi connectivity index (χ4v) is 2.85. The normalized spacial score (nSPS) is 16.6. The molecule has 1 fully saturated rings. The lowest BCUT2D eigenvalue weighted by Gasteiger charge is -2.27. The molecule has 0 amide bonds. The van der Waals surface area contributed by atoms with Crippen LogP contribution in [-0.4, -0.2) is 82.3 Å². The summed E-state index contributed by atoms with van der Waals surface area (Å²) in [5.41, 5.74) is -0.178. The van der Waals surface area contributed by atoms with Crippen molar-refractivity contribution in [2.75, 3.05) is 44.4 Å². The summed E-state index contributed by atoms with van der Waals surface area (Å²) in [5.74, 6) is 0.359. The molecule has 2 rings (SSSR count). The van der Waals surface area contributed by atoms with Crippen LogP contribution < -0.4 is 15.0 Å². The average molecular weight is 417 g/mol. The second-order valence-electron chi connectivity index (χ2n) is 7.27. The molecule has 1 saturated heterocycles. The Kier molecular flexibility index (Phi) is 8.58. The molecule has 28 heavy (non-hydrogen) atoms. The molecule has 3 N–H and O–H groups in total. The molecule has 0 aliphatic carbocycles. The highest BCUT2D eigenvalue weighted by Crippen LogP contribution is 2.26. The first-order valence-corrected chi connectivity index (χ1v) is 9.75. The van der Waals surface area contributed by atoms with Gasteiger partial charge in [0.2, 0.25) is 5.82 Å². The number of carbonyl (C=O) groups excluding carboxylic acids is 1. The lowest BCUT2D eigenvalue weighted by atomic mass is 10.1. The summed E-state index contributed by atoms with van der Waals surface area (Å²) >= 11 is 1.06. The molecule has 0 bridgehead atoms. The second-order valence-corrected chi connectivity index (χ2v) is 7.79. The predicted octanol–water partition coefficient (Wildman–Crippen LogP) is -0.0797. The van der Waals surface area contributed by atoms with Crippen LogP contribution in [0.1, 0.15) is 20.8 Å². The number of aromatic nitrogens is 2. The molecule has 2 heterocycles. The molecule has 1 aliphatic heterocycles. The number of carbonyl (C=O) groups is 1. The van der Waals surface area contributed by atoms with E-state index in [9.17, 15) is 4.79 Å². The molecule has 11 heteroatoms. The van der Waals surface area contributed by atoms with Gasteiger partial charge in [0.1, 0.15) is 12.7 Å². The molecular weight excluding hydrogens is 388 g/mol. The fraction of sp³-hybridized carbons (Fsp3) is 0.706. The first kappa shape index (κ1) is 22.5. The monoisotopic (exact) mass is 416 g/mol. The van der Waals surface area contributed by atoms with Gasteiger partial charge in [-0.05, 0) is 26.8 Å². The van der Waals surface area contributed by atoms with E-state index >= 15 is 0 Å². The highest BCUT2D eigenvalue weighted by Gasteiger charge is 2.23. The van der Waals surface area contributed by atoms with Crippen molar-refractivity contribution in [2.45, 2.75) is 38.7 Å². The summed E-state index contributed by atoms with van der Waals surface area (Å²) < 4.78 is 25.0. The molecule has 1 aromatic heterocycles. The lowest BCUT2D eigenvalue weighted by Crippen LogP contribution is -2.44. The third-order valence-corrected chi connectivity index (χ3v) is 4.21. The topological polar surface area (TPSA) is 126 Å². The van der Waals surface area contributed by atoms with Crippen molar-refractivity contribution in [1.29, 1.82) is 0 Å². The zero-order valence-corrected chi connectivity index (χ0v) is 17.1. The smallest absolute Gasteiger partial charge is 0.331 e. The molecule has 0 radical (unpaired) electrons. The van der Waals surface area contributed by atoms with E-state index < -0.39 is 18.4 Å². The Balaban J connectivity index is 1.97. The fourth-order valence-electron chi connectivity index (χ4n) is 2.33. The van der Waals surface area contributed by atoms with Crippen molar-refractivity contribution >= 4 is 23.5 Å². The van der Waals surface area contributed by atoms with Crippen molar-refractivity contribution in [3.05, 3.63) is 12.2 Å². The maximum Gasteiger partial charge on any atom is 0.331 e. The first-order chi connectivity index (χ1) is 13.2. The summed E-state index contributed by atoms with van der Waals surface area (Å²) in [6.45, 7) is 9.08. The van der Waals surface area contributed by atoms with Crippen molar-refractivity contribution in [1.82, 2.24) is 14.1 Å². The van der Waals surface area contributed by atoms with Crippen LogP contribution in [0.4, 0.5) is 5.82 Å². The Morgan fingerprint density at radius 3 is 2.71 bits per heavy atom. The SMILES string of the molecule is CC(C)(C)NC[C@@H](COc1nsnc1N1CCOCC1)OC(=O)/C=C\C(O)O. The predicted molar refractivity (Wildman–Crippen MR) is 103 cm³/mol. The first-order valence-electron chi connectivity index (χ1n) is 9.02. The molecule has 0 unspecified atom stereocenters. The van der Waals surface area contributed by atoms with Gasteiger partial charge in [-0.1, -0.05) is 0 Å². The molecule has 158 valence electrons. The van der Waals surface area contributed by atoms with Crippen LogP contribution in [0.15, 0.2) is 12.2 Å². The Labute approximate surface area is 168 Å². The van der Waals surface area contributed by atoms with E-state index in [-0.39, 0.29) is 12.1 Å². The lowest BCUT2D eigenvalue weighted by molar-refractivity contribution is -0.144. The van der Waals surface area contributed by atoms with Crippen LogP contribution >= 0.6 is 11.7 Å². The third-order valence-electron chi connectivity index (χ3n) is 3.71. The number of nitrogens with zero attached hydrogens (tertiary/aromatic N) is 3. The van der Waals surface area contributed by atoms with Crippen molar-refractivity contribution in [3.63, 3.8) is 0 Å². The van der Waals surface area contributed by atoms with E-state index in [1.807, 2.05) is 25.7 Å². The van der Waals surface area contributed by atoms with Gasteiger partial charge in [0.25, 0.3) is 5.88 Å². The Morgan fingerprint density at radius 1 is 1.36 bits per heavy atom. The number of ether oxygens (including phenoxy) is 3. The van der Waals surface area contributed by atoms with Crippen LogP contribution in [0.5, 0.6) is 5.88 Å². The summed E-state index contributed by atoms with van der Waals surface area (Å²) in [6, 6.07) is 0. The van der Waals surface area contributed by atoms with Crippen molar-refractivity contribution in [2.24, 2.45) is 0 Å². The molecule has 10 nitrogen and oxygen atoms in total. The number of hydrogen-bond donors (Lipinski definition) is 3. The van der Waals surface area contributed by atoms with Crippen LogP contribution in [0.2, 0.25) is 0 Å². The highest BCUT2D eigenvalue weighted by molar-refractivity contribution is 6.99. The number of esters is 1. The van der Waals surface area contributed by atoms with Gasteiger partial charge in [-0.2, -0.15) is 4.37 Å². The van der Waals surface area contributed by atoms with E-state index in [1.54, 1.807) is 0 Å².